The van der Waals surface area contributed by atoms with Gasteiger partial charge in [0.05, 0.1) is 16.7 Å². The van der Waals surface area contributed by atoms with Crippen molar-refractivity contribution in [2.24, 2.45) is 7.05 Å². The number of carbonyl (C=O) groups is 2. The second-order valence-electron chi connectivity index (χ2n) is 6.88. The molecule has 0 spiro atoms. The Labute approximate surface area is 163 Å². The molecule has 2 heterocycles. The lowest BCUT2D eigenvalue weighted by molar-refractivity contribution is -0.121. The fourth-order valence-corrected chi connectivity index (χ4v) is 3.47. The van der Waals surface area contributed by atoms with Gasteiger partial charge in [-0.2, -0.15) is 5.10 Å². The van der Waals surface area contributed by atoms with Crippen LogP contribution in [0.1, 0.15) is 46.5 Å². The summed E-state index contributed by atoms with van der Waals surface area (Å²) in [5.74, 6) is 0.292. The first-order chi connectivity index (χ1) is 13.3. The summed E-state index contributed by atoms with van der Waals surface area (Å²) in [6, 6.07) is 5.35. The first-order valence-electron chi connectivity index (χ1n) is 9.37. The highest BCUT2D eigenvalue weighted by Crippen LogP contribution is 2.18. The quantitative estimate of drug-likeness (QED) is 0.661. The van der Waals surface area contributed by atoms with Gasteiger partial charge in [0.25, 0.3) is 5.91 Å². The molecular formula is C20H26N6O2. The molecule has 8 heteroatoms. The molecule has 2 aromatic heterocycles. The summed E-state index contributed by atoms with van der Waals surface area (Å²) in [5, 5.41) is 4.35. The minimum atomic E-state index is -0.368. The maximum absolute atomic E-state index is 12.4. The van der Waals surface area contributed by atoms with E-state index in [-0.39, 0.29) is 18.2 Å². The van der Waals surface area contributed by atoms with Crippen molar-refractivity contribution in [2.75, 3.05) is 0 Å². The highest BCUT2D eigenvalue weighted by atomic mass is 16.2. The van der Waals surface area contributed by atoms with E-state index in [1.54, 1.807) is 12.1 Å². The monoisotopic (exact) mass is 382 g/mol. The van der Waals surface area contributed by atoms with Crippen molar-refractivity contribution >= 4 is 22.8 Å². The Balaban J connectivity index is 1.59. The lowest BCUT2D eigenvalue weighted by Crippen LogP contribution is -2.41. The van der Waals surface area contributed by atoms with Crippen LogP contribution in [0.3, 0.4) is 0 Å². The summed E-state index contributed by atoms with van der Waals surface area (Å²) >= 11 is 0. The van der Waals surface area contributed by atoms with Crippen LogP contribution >= 0.6 is 0 Å². The van der Waals surface area contributed by atoms with Gasteiger partial charge in [0.2, 0.25) is 5.91 Å². The summed E-state index contributed by atoms with van der Waals surface area (Å²) in [4.78, 5) is 29.0. The second kappa shape index (κ2) is 7.84. The normalized spacial score (nSPS) is 11.0. The van der Waals surface area contributed by atoms with Gasteiger partial charge in [-0.3, -0.25) is 25.1 Å². The third-order valence-electron chi connectivity index (χ3n) is 5.09. The molecule has 3 rings (SSSR count). The number of nitrogens with one attached hydrogen (secondary N) is 2. The predicted octanol–water partition coefficient (Wildman–Crippen LogP) is 2.11. The van der Waals surface area contributed by atoms with Crippen molar-refractivity contribution < 1.29 is 9.59 Å². The van der Waals surface area contributed by atoms with Crippen molar-refractivity contribution in [2.45, 2.75) is 47.1 Å². The maximum atomic E-state index is 12.4. The van der Waals surface area contributed by atoms with Gasteiger partial charge in [-0.1, -0.05) is 0 Å². The lowest BCUT2D eigenvalue weighted by Gasteiger charge is -2.08. The lowest BCUT2D eigenvalue weighted by atomic mass is 10.1. The zero-order valence-corrected chi connectivity index (χ0v) is 17.0. The molecule has 2 amide bonds. The molecular weight excluding hydrogens is 356 g/mol. The second-order valence-corrected chi connectivity index (χ2v) is 6.88. The van der Waals surface area contributed by atoms with E-state index in [1.807, 2.05) is 38.6 Å². The molecule has 0 saturated carbocycles. The topological polar surface area (TPSA) is 93.8 Å². The maximum Gasteiger partial charge on any atom is 0.269 e. The highest BCUT2D eigenvalue weighted by molar-refractivity contribution is 5.98. The Hall–Kier alpha value is -3.16. The van der Waals surface area contributed by atoms with Crippen molar-refractivity contribution in [3.8, 4) is 0 Å². The number of fused-ring (bicyclic) bond motifs is 1. The van der Waals surface area contributed by atoms with Crippen LogP contribution in [0.5, 0.6) is 0 Å². The molecule has 0 saturated heterocycles. The van der Waals surface area contributed by atoms with Gasteiger partial charge >= 0.3 is 0 Å². The predicted molar refractivity (Wildman–Crippen MR) is 107 cm³/mol. The van der Waals surface area contributed by atoms with E-state index in [0.29, 0.717) is 12.0 Å². The average molecular weight is 382 g/mol. The third kappa shape index (κ3) is 3.76. The zero-order chi connectivity index (χ0) is 20.4. The van der Waals surface area contributed by atoms with Crippen LogP contribution in [0.15, 0.2) is 18.2 Å². The molecule has 0 unspecified atom stereocenters. The number of carbonyl (C=O) groups excluding carboxylic acids is 2. The zero-order valence-electron chi connectivity index (χ0n) is 17.0. The minimum Gasteiger partial charge on any atom is -0.329 e. The average Bonchev–Trinajstić information content (AvgIpc) is 3.11. The highest BCUT2D eigenvalue weighted by Gasteiger charge is 2.14. The minimum absolute atomic E-state index is 0.247. The van der Waals surface area contributed by atoms with E-state index in [2.05, 4.69) is 32.4 Å². The number of hydrogen-bond acceptors (Lipinski definition) is 4. The number of hydrogen-bond donors (Lipinski definition) is 2. The van der Waals surface area contributed by atoms with Gasteiger partial charge in [0.1, 0.15) is 5.82 Å². The first kappa shape index (κ1) is 19.6. The fourth-order valence-electron chi connectivity index (χ4n) is 3.47. The van der Waals surface area contributed by atoms with Crippen molar-refractivity contribution in [1.82, 2.24) is 30.2 Å². The number of benzene rings is 1. The number of hydrazine groups is 1. The summed E-state index contributed by atoms with van der Waals surface area (Å²) < 4.78 is 3.89. The van der Waals surface area contributed by atoms with E-state index in [9.17, 15) is 9.59 Å². The largest absolute Gasteiger partial charge is 0.329 e. The number of aryl methyl sites for hydroxylation is 4. The van der Waals surface area contributed by atoms with Gasteiger partial charge in [-0.25, -0.2) is 4.98 Å². The van der Waals surface area contributed by atoms with Crippen LogP contribution in [0, 0.1) is 20.8 Å². The Kier molecular flexibility index (Phi) is 5.48. The molecule has 0 atom stereocenters. The summed E-state index contributed by atoms with van der Waals surface area (Å²) in [6.07, 6.45) is 0.847. The summed E-state index contributed by atoms with van der Waals surface area (Å²) in [7, 11) is 1.88. The van der Waals surface area contributed by atoms with Gasteiger partial charge in [-0.05, 0) is 57.9 Å². The molecule has 8 nitrogen and oxygen atoms in total. The number of imidazole rings is 1. The van der Waals surface area contributed by atoms with Gasteiger partial charge in [-0.15, -0.1) is 0 Å². The molecule has 0 bridgehead atoms. The Morgan fingerprint density at radius 1 is 1.14 bits per heavy atom. The van der Waals surface area contributed by atoms with Crippen LogP contribution in [0.4, 0.5) is 0 Å². The molecule has 148 valence electrons. The molecule has 1 aromatic carbocycles. The van der Waals surface area contributed by atoms with Crippen molar-refractivity contribution in [1.29, 1.82) is 0 Å². The van der Waals surface area contributed by atoms with E-state index >= 15 is 0 Å². The number of amides is 2. The smallest absolute Gasteiger partial charge is 0.269 e. The van der Waals surface area contributed by atoms with Crippen LogP contribution in [-0.4, -0.2) is 31.1 Å². The first-order valence-corrected chi connectivity index (χ1v) is 9.37. The Morgan fingerprint density at radius 3 is 2.54 bits per heavy atom. The summed E-state index contributed by atoms with van der Waals surface area (Å²) in [5.41, 5.74) is 10.2. The van der Waals surface area contributed by atoms with Crippen molar-refractivity contribution in [3.05, 3.63) is 46.5 Å². The standard InChI is InChI=1S/C20H26N6O2/c1-6-26-14(4)21-17-11-15(7-9-18(17)26)20(28)23-22-19(27)10-8-16-12(2)24-25(5)13(16)3/h7,9,11H,6,8,10H2,1-5H3,(H,22,27)(H,23,28). The van der Waals surface area contributed by atoms with E-state index in [4.69, 9.17) is 0 Å². The van der Waals surface area contributed by atoms with Gasteiger partial charge in [0, 0.05) is 31.3 Å². The molecule has 0 aliphatic rings. The number of nitrogens with zero attached hydrogens (tertiary/aromatic N) is 4. The number of rotatable bonds is 5. The Bertz CT molecular complexity index is 1050. The molecule has 0 radical (unpaired) electrons. The summed E-state index contributed by atoms with van der Waals surface area (Å²) in [6.45, 7) is 8.72. The van der Waals surface area contributed by atoms with E-state index in [1.165, 1.54) is 0 Å². The van der Waals surface area contributed by atoms with Gasteiger partial charge < -0.3 is 4.57 Å². The number of aromatic nitrogens is 4. The Morgan fingerprint density at radius 2 is 1.89 bits per heavy atom. The molecule has 3 aromatic rings. The van der Waals surface area contributed by atoms with Crippen LogP contribution in [0.2, 0.25) is 0 Å². The molecule has 0 aliphatic heterocycles. The van der Waals surface area contributed by atoms with Crippen LogP contribution in [0.25, 0.3) is 11.0 Å². The van der Waals surface area contributed by atoms with E-state index in [0.717, 1.165) is 40.4 Å². The molecule has 0 aliphatic carbocycles. The fraction of sp³-hybridized carbons (Fsp3) is 0.400. The SMILES string of the molecule is CCn1c(C)nc2cc(C(=O)NNC(=O)CCc3c(C)nn(C)c3C)ccc21. The van der Waals surface area contributed by atoms with Crippen molar-refractivity contribution in [3.63, 3.8) is 0 Å². The molecule has 28 heavy (non-hydrogen) atoms. The molecule has 2 N–H and O–H groups in total. The van der Waals surface area contributed by atoms with Crippen LogP contribution < -0.4 is 10.9 Å². The third-order valence-corrected chi connectivity index (χ3v) is 5.09. The van der Waals surface area contributed by atoms with Gasteiger partial charge in [0.15, 0.2) is 0 Å². The van der Waals surface area contributed by atoms with Crippen LogP contribution in [-0.2, 0) is 24.8 Å². The molecule has 0 fully saturated rings. The van der Waals surface area contributed by atoms with E-state index < -0.39 is 0 Å².